The summed E-state index contributed by atoms with van der Waals surface area (Å²) in [5.41, 5.74) is 3.39. The zero-order valence-electron chi connectivity index (χ0n) is 18.2. The summed E-state index contributed by atoms with van der Waals surface area (Å²) < 4.78 is 18.7. The standard InChI is InChI=1S/C25H26FN3O3/c1-16-7-9-18(10-8-16)15-27-24(30)17(2)28-21-11-12-23(32-3)22(14-21)29-25(31)19-5-4-6-20(26)13-19/h4-14,17,28H,15H2,1-3H3,(H,27,30)(H,29,31). The lowest BCUT2D eigenvalue weighted by Crippen LogP contribution is -2.37. The van der Waals surface area contributed by atoms with E-state index < -0.39 is 17.8 Å². The number of rotatable bonds is 8. The molecule has 0 fully saturated rings. The summed E-state index contributed by atoms with van der Waals surface area (Å²) >= 11 is 0. The molecule has 0 aliphatic carbocycles. The van der Waals surface area contributed by atoms with Crippen molar-refractivity contribution in [3.05, 3.63) is 89.2 Å². The Balaban J connectivity index is 1.65. The molecule has 0 heterocycles. The Hall–Kier alpha value is -3.87. The van der Waals surface area contributed by atoms with E-state index in [0.717, 1.165) is 17.2 Å². The molecule has 0 saturated heterocycles. The van der Waals surface area contributed by atoms with Crippen molar-refractivity contribution in [2.75, 3.05) is 17.7 Å². The predicted octanol–water partition coefficient (Wildman–Crippen LogP) is 4.51. The maximum absolute atomic E-state index is 13.4. The quantitative estimate of drug-likeness (QED) is 0.486. The van der Waals surface area contributed by atoms with Crippen LogP contribution in [0.3, 0.4) is 0 Å². The Labute approximate surface area is 186 Å². The summed E-state index contributed by atoms with van der Waals surface area (Å²) in [6.07, 6.45) is 0. The lowest BCUT2D eigenvalue weighted by Gasteiger charge is -2.17. The van der Waals surface area contributed by atoms with Crippen molar-refractivity contribution in [3.8, 4) is 5.75 Å². The Morgan fingerprint density at radius 2 is 1.78 bits per heavy atom. The van der Waals surface area contributed by atoms with Crippen LogP contribution in [0.4, 0.5) is 15.8 Å². The van der Waals surface area contributed by atoms with Crippen molar-refractivity contribution in [2.45, 2.75) is 26.4 Å². The molecule has 3 rings (SSSR count). The van der Waals surface area contributed by atoms with Crippen molar-refractivity contribution in [3.63, 3.8) is 0 Å². The number of anilines is 2. The molecule has 0 spiro atoms. The van der Waals surface area contributed by atoms with Crippen LogP contribution in [0, 0.1) is 12.7 Å². The molecule has 166 valence electrons. The number of methoxy groups -OCH3 is 1. The van der Waals surface area contributed by atoms with Crippen LogP contribution < -0.4 is 20.7 Å². The Morgan fingerprint density at radius 1 is 1.03 bits per heavy atom. The van der Waals surface area contributed by atoms with Gasteiger partial charge in [0.1, 0.15) is 17.6 Å². The van der Waals surface area contributed by atoms with Crippen LogP contribution in [-0.4, -0.2) is 25.0 Å². The molecular formula is C25H26FN3O3. The fraction of sp³-hybridized carbons (Fsp3) is 0.200. The number of ether oxygens (including phenoxy) is 1. The normalized spacial score (nSPS) is 11.4. The highest BCUT2D eigenvalue weighted by Gasteiger charge is 2.15. The van der Waals surface area contributed by atoms with Gasteiger partial charge in [-0.05, 0) is 55.8 Å². The largest absolute Gasteiger partial charge is 0.495 e. The second-order valence-corrected chi connectivity index (χ2v) is 7.45. The number of amides is 2. The molecule has 0 saturated carbocycles. The highest BCUT2D eigenvalue weighted by Crippen LogP contribution is 2.28. The summed E-state index contributed by atoms with van der Waals surface area (Å²) in [6, 6.07) is 18.0. The van der Waals surface area contributed by atoms with E-state index in [-0.39, 0.29) is 11.5 Å². The molecule has 2 amide bonds. The minimum atomic E-state index is -0.513. The average molecular weight is 435 g/mol. The summed E-state index contributed by atoms with van der Waals surface area (Å²) in [7, 11) is 1.49. The van der Waals surface area contributed by atoms with Crippen LogP contribution in [-0.2, 0) is 11.3 Å². The summed E-state index contributed by atoms with van der Waals surface area (Å²) in [5, 5.41) is 8.75. The molecule has 0 aromatic heterocycles. The molecule has 0 bridgehead atoms. The molecule has 0 radical (unpaired) electrons. The number of carbonyl (C=O) groups is 2. The van der Waals surface area contributed by atoms with E-state index in [4.69, 9.17) is 4.74 Å². The molecule has 7 heteroatoms. The summed E-state index contributed by atoms with van der Waals surface area (Å²) in [4.78, 5) is 25.0. The van der Waals surface area contributed by atoms with E-state index in [1.807, 2.05) is 31.2 Å². The first kappa shape index (κ1) is 22.8. The molecule has 0 aliphatic rings. The molecular weight excluding hydrogens is 409 g/mol. The Bertz CT molecular complexity index is 1100. The van der Waals surface area contributed by atoms with Gasteiger partial charge >= 0.3 is 0 Å². The highest BCUT2D eigenvalue weighted by molar-refractivity contribution is 6.05. The number of halogens is 1. The van der Waals surface area contributed by atoms with Crippen molar-refractivity contribution in [1.82, 2.24) is 5.32 Å². The predicted molar refractivity (Wildman–Crippen MR) is 123 cm³/mol. The van der Waals surface area contributed by atoms with Gasteiger partial charge in [0.2, 0.25) is 5.91 Å². The number of aryl methyl sites for hydroxylation is 1. The van der Waals surface area contributed by atoms with E-state index in [1.165, 1.54) is 25.3 Å². The number of hydrogen-bond donors (Lipinski definition) is 3. The van der Waals surface area contributed by atoms with Gasteiger partial charge in [-0.2, -0.15) is 0 Å². The van der Waals surface area contributed by atoms with Crippen molar-refractivity contribution in [1.29, 1.82) is 0 Å². The molecule has 3 aromatic carbocycles. The molecule has 0 aliphatic heterocycles. The molecule has 32 heavy (non-hydrogen) atoms. The third kappa shape index (κ3) is 6.07. The number of hydrogen-bond acceptors (Lipinski definition) is 4. The lowest BCUT2D eigenvalue weighted by molar-refractivity contribution is -0.121. The monoisotopic (exact) mass is 435 g/mol. The minimum Gasteiger partial charge on any atom is -0.495 e. The first-order valence-electron chi connectivity index (χ1n) is 10.2. The Kier molecular flexibility index (Phi) is 7.44. The minimum absolute atomic E-state index is 0.160. The molecule has 1 unspecified atom stereocenters. The van der Waals surface area contributed by atoms with Crippen LogP contribution in [0.2, 0.25) is 0 Å². The van der Waals surface area contributed by atoms with Gasteiger partial charge in [-0.25, -0.2) is 4.39 Å². The van der Waals surface area contributed by atoms with E-state index in [2.05, 4.69) is 16.0 Å². The van der Waals surface area contributed by atoms with Gasteiger partial charge < -0.3 is 20.7 Å². The van der Waals surface area contributed by atoms with Crippen molar-refractivity contribution < 1.29 is 18.7 Å². The number of carbonyl (C=O) groups excluding carboxylic acids is 2. The average Bonchev–Trinajstić information content (AvgIpc) is 2.78. The van der Waals surface area contributed by atoms with Crippen LogP contribution in [0.15, 0.2) is 66.7 Å². The van der Waals surface area contributed by atoms with Crippen LogP contribution in [0.25, 0.3) is 0 Å². The SMILES string of the molecule is COc1ccc(NC(C)C(=O)NCc2ccc(C)cc2)cc1NC(=O)c1cccc(F)c1. The number of benzene rings is 3. The Morgan fingerprint density at radius 3 is 2.47 bits per heavy atom. The molecule has 3 N–H and O–H groups in total. The molecule has 6 nitrogen and oxygen atoms in total. The van der Waals surface area contributed by atoms with Crippen molar-refractivity contribution >= 4 is 23.2 Å². The second-order valence-electron chi connectivity index (χ2n) is 7.45. The third-order valence-electron chi connectivity index (χ3n) is 4.90. The topological polar surface area (TPSA) is 79.5 Å². The van der Waals surface area contributed by atoms with Gasteiger partial charge in [0, 0.05) is 17.8 Å². The smallest absolute Gasteiger partial charge is 0.255 e. The lowest BCUT2D eigenvalue weighted by atomic mass is 10.1. The van der Waals surface area contributed by atoms with E-state index in [1.54, 1.807) is 25.1 Å². The zero-order valence-corrected chi connectivity index (χ0v) is 18.2. The van der Waals surface area contributed by atoms with Crippen LogP contribution in [0.1, 0.15) is 28.4 Å². The highest BCUT2D eigenvalue weighted by atomic mass is 19.1. The number of nitrogens with one attached hydrogen (secondary N) is 3. The van der Waals surface area contributed by atoms with Crippen LogP contribution in [0.5, 0.6) is 5.75 Å². The fourth-order valence-corrected chi connectivity index (χ4v) is 3.08. The maximum atomic E-state index is 13.4. The van der Waals surface area contributed by atoms with Crippen LogP contribution >= 0.6 is 0 Å². The third-order valence-corrected chi connectivity index (χ3v) is 4.90. The van der Waals surface area contributed by atoms with Gasteiger partial charge in [0.05, 0.1) is 12.8 Å². The van der Waals surface area contributed by atoms with Gasteiger partial charge in [0.25, 0.3) is 5.91 Å². The van der Waals surface area contributed by atoms with Crippen molar-refractivity contribution in [2.24, 2.45) is 0 Å². The summed E-state index contributed by atoms with van der Waals surface area (Å²) in [6.45, 7) is 4.19. The van der Waals surface area contributed by atoms with Gasteiger partial charge in [-0.15, -0.1) is 0 Å². The van der Waals surface area contributed by atoms with Gasteiger partial charge in [0.15, 0.2) is 0 Å². The first-order chi connectivity index (χ1) is 15.4. The maximum Gasteiger partial charge on any atom is 0.255 e. The first-order valence-corrected chi connectivity index (χ1v) is 10.2. The van der Waals surface area contributed by atoms with Gasteiger partial charge in [-0.1, -0.05) is 35.9 Å². The second kappa shape index (κ2) is 10.4. The fourth-order valence-electron chi connectivity index (χ4n) is 3.08. The zero-order chi connectivity index (χ0) is 23.1. The van der Waals surface area contributed by atoms with E-state index in [9.17, 15) is 14.0 Å². The van der Waals surface area contributed by atoms with E-state index >= 15 is 0 Å². The van der Waals surface area contributed by atoms with Gasteiger partial charge in [-0.3, -0.25) is 9.59 Å². The molecule has 3 aromatic rings. The summed E-state index contributed by atoms with van der Waals surface area (Å²) in [5.74, 6) is -0.683. The van der Waals surface area contributed by atoms with E-state index in [0.29, 0.717) is 23.7 Å². The molecule has 1 atom stereocenters.